The SMILES string of the molecule is CCCCCOOCCCCCCOCCCC. The summed E-state index contributed by atoms with van der Waals surface area (Å²) in [5, 5.41) is 0. The summed E-state index contributed by atoms with van der Waals surface area (Å²) in [4.78, 5) is 10.2. The van der Waals surface area contributed by atoms with Gasteiger partial charge in [-0.1, -0.05) is 46.0 Å². The molecule has 0 aromatic heterocycles. The topological polar surface area (TPSA) is 27.7 Å². The highest BCUT2D eigenvalue weighted by Crippen LogP contribution is 2.02. The van der Waals surface area contributed by atoms with E-state index in [2.05, 4.69) is 13.8 Å². The Morgan fingerprint density at radius 2 is 1.00 bits per heavy atom. The predicted octanol–water partition coefficient (Wildman–Crippen LogP) is 4.50. The van der Waals surface area contributed by atoms with Crippen LogP contribution in [0.5, 0.6) is 0 Å². The third-order valence-corrected chi connectivity index (χ3v) is 2.82. The fraction of sp³-hybridized carbons (Fsp3) is 1.00. The second kappa shape index (κ2) is 16.9. The molecule has 18 heavy (non-hydrogen) atoms. The van der Waals surface area contributed by atoms with Gasteiger partial charge in [0.15, 0.2) is 0 Å². The van der Waals surface area contributed by atoms with Crippen LogP contribution in [0.15, 0.2) is 0 Å². The van der Waals surface area contributed by atoms with E-state index in [4.69, 9.17) is 14.5 Å². The standard InChI is InChI=1S/C15H32O3/c1-3-5-9-14-17-18-15-11-8-7-10-13-16-12-6-4-2/h3-15H2,1-2H3. The highest BCUT2D eigenvalue weighted by Gasteiger charge is 1.93. The lowest BCUT2D eigenvalue weighted by Crippen LogP contribution is -2.00. The maximum Gasteiger partial charge on any atom is 0.0822 e. The average Bonchev–Trinajstić information content (AvgIpc) is 2.39. The highest BCUT2D eigenvalue weighted by atomic mass is 17.2. The van der Waals surface area contributed by atoms with E-state index in [1.54, 1.807) is 0 Å². The van der Waals surface area contributed by atoms with Crippen molar-refractivity contribution < 1.29 is 14.5 Å². The zero-order chi connectivity index (χ0) is 13.3. The molecular formula is C15H32O3. The molecule has 0 spiro atoms. The van der Waals surface area contributed by atoms with Crippen LogP contribution in [-0.4, -0.2) is 26.4 Å². The van der Waals surface area contributed by atoms with Crippen molar-refractivity contribution in [2.75, 3.05) is 26.4 Å². The molecule has 0 aliphatic heterocycles. The molecule has 0 saturated carbocycles. The van der Waals surface area contributed by atoms with E-state index in [1.807, 2.05) is 0 Å². The summed E-state index contributed by atoms with van der Waals surface area (Å²) in [5.41, 5.74) is 0. The van der Waals surface area contributed by atoms with Gasteiger partial charge in [-0.3, -0.25) is 0 Å². The van der Waals surface area contributed by atoms with Crippen molar-refractivity contribution in [2.45, 2.75) is 71.6 Å². The lowest BCUT2D eigenvalue weighted by molar-refractivity contribution is -0.295. The fourth-order valence-electron chi connectivity index (χ4n) is 1.60. The summed E-state index contributed by atoms with van der Waals surface area (Å²) in [5.74, 6) is 0. The van der Waals surface area contributed by atoms with Crippen LogP contribution < -0.4 is 0 Å². The first kappa shape index (κ1) is 17.9. The monoisotopic (exact) mass is 260 g/mol. The van der Waals surface area contributed by atoms with E-state index in [-0.39, 0.29) is 0 Å². The highest BCUT2D eigenvalue weighted by molar-refractivity contribution is 4.42. The van der Waals surface area contributed by atoms with Crippen molar-refractivity contribution in [2.24, 2.45) is 0 Å². The molecule has 0 radical (unpaired) electrons. The Hall–Kier alpha value is -0.120. The minimum Gasteiger partial charge on any atom is -0.381 e. The molecule has 0 aliphatic rings. The van der Waals surface area contributed by atoms with Crippen molar-refractivity contribution in [1.29, 1.82) is 0 Å². The largest absolute Gasteiger partial charge is 0.381 e. The second-order valence-electron chi connectivity index (χ2n) is 4.73. The van der Waals surface area contributed by atoms with Gasteiger partial charge >= 0.3 is 0 Å². The van der Waals surface area contributed by atoms with Gasteiger partial charge in [-0.2, -0.15) is 0 Å². The fourth-order valence-corrected chi connectivity index (χ4v) is 1.60. The van der Waals surface area contributed by atoms with E-state index < -0.39 is 0 Å². The first-order valence-corrected chi connectivity index (χ1v) is 7.74. The van der Waals surface area contributed by atoms with E-state index in [9.17, 15) is 0 Å². The minimum absolute atomic E-state index is 0.725. The van der Waals surface area contributed by atoms with Crippen LogP contribution in [0.25, 0.3) is 0 Å². The third-order valence-electron chi connectivity index (χ3n) is 2.82. The van der Waals surface area contributed by atoms with E-state index in [0.29, 0.717) is 0 Å². The molecule has 0 aromatic rings. The van der Waals surface area contributed by atoms with Gasteiger partial charge in [0.1, 0.15) is 0 Å². The predicted molar refractivity (Wildman–Crippen MR) is 75.6 cm³/mol. The van der Waals surface area contributed by atoms with Crippen LogP contribution in [0.2, 0.25) is 0 Å². The maximum atomic E-state index is 5.50. The Bertz CT molecular complexity index is 124. The van der Waals surface area contributed by atoms with Crippen LogP contribution in [0, 0.1) is 0 Å². The third kappa shape index (κ3) is 15.9. The Kier molecular flexibility index (Phi) is 16.8. The normalized spacial score (nSPS) is 11.0. The van der Waals surface area contributed by atoms with E-state index in [1.165, 1.54) is 44.9 Å². The molecule has 0 rings (SSSR count). The number of hydrogen-bond donors (Lipinski definition) is 0. The molecule has 0 saturated heterocycles. The molecule has 110 valence electrons. The Balaban J connectivity index is 2.86. The van der Waals surface area contributed by atoms with Crippen LogP contribution in [0.3, 0.4) is 0 Å². The molecule has 3 heteroatoms. The zero-order valence-electron chi connectivity index (χ0n) is 12.4. The molecule has 3 nitrogen and oxygen atoms in total. The van der Waals surface area contributed by atoms with Crippen molar-refractivity contribution in [3.63, 3.8) is 0 Å². The molecular weight excluding hydrogens is 228 g/mol. The molecule has 0 heterocycles. The Morgan fingerprint density at radius 1 is 0.500 bits per heavy atom. The van der Waals surface area contributed by atoms with Gasteiger partial charge in [0.05, 0.1) is 13.2 Å². The van der Waals surface area contributed by atoms with Gasteiger partial charge in [-0.05, 0) is 25.7 Å². The minimum atomic E-state index is 0.725. The first-order chi connectivity index (χ1) is 8.91. The summed E-state index contributed by atoms with van der Waals surface area (Å²) in [7, 11) is 0. The molecule has 0 fully saturated rings. The molecule has 0 bridgehead atoms. The second-order valence-corrected chi connectivity index (χ2v) is 4.73. The smallest absolute Gasteiger partial charge is 0.0822 e. The Morgan fingerprint density at radius 3 is 1.61 bits per heavy atom. The summed E-state index contributed by atoms with van der Waals surface area (Å²) in [6.45, 7) is 7.67. The van der Waals surface area contributed by atoms with Crippen LogP contribution in [-0.2, 0) is 14.5 Å². The van der Waals surface area contributed by atoms with Crippen molar-refractivity contribution in [1.82, 2.24) is 0 Å². The van der Waals surface area contributed by atoms with Crippen LogP contribution in [0.1, 0.15) is 71.6 Å². The maximum absolute atomic E-state index is 5.50. The lowest BCUT2D eigenvalue weighted by Gasteiger charge is -2.04. The van der Waals surface area contributed by atoms with Gasteiger partial charge in [-0.15, -0.1) is 0 Å². The van der Waals surface area contributed by atoms with Crippen LogP contribution in [0.4, 0.5) is 0 Å². The summed E-state index contributed by atoms with van der Waals surface area (Å²) in [6.07, 6.45) is 10.6. The molecule has 0 unspecified atom stereocenters. The van der Waals surface area contributed by atoms with Gasteiger partial charge < -0.3 is 4.74 Å². The molecule has 0 amide bonds. The van der Waals surface area contributed by atoms with Crippen molar-refractivity contribution in [3.05, 3.63) is 0 Å². The van der Waals surface area contributed by atoms with Crippen molar-refractivity contribution in [3.8, 4) is 0 Å². The summed E-state index contributed by atoms with van der Waals surface area (Å²) < 4.78 is 5.50. The van der Waals surface area contributed by atoms with Gasteiger partial charge in [0.25, 0.3) is 0 Å². The molecule has 0 atom stereocenters. The molecule has 0 aromatic carbocycles. The number of rotatable bonds is 15. The first-order valence-electron chi connectivity index (χ1n) is 7.74. The molecule has 0 aliphatic carbocycles. The van der Waals surface area contributed by atoms with Crippen molar-refractivity contribution >= 4 is 0 Å². The van der Waals surface area contributed by atoms with E-state index in [0.717, 1.165) is 39.3 Å². The number of ether oxygens (including phenoxy) is 1. The van der Waals surface area contributed by atoms with Gasteiger partial charge in [0, 0.05) is 13.2 Å². The average molecular weight is 260 g/mol. The van der Waals surface area contributed by atoms with E-state index >= 15 is 0 Å². The van der Waals surface area contributed by atoms with Gasteiger partial charge in [-0.25, -0.2) is 9.78 Å². The summed E-state index contributed by atoms with van der Waals surface area (Å²) >= 11 is 0. The Labute approximate surface area is 113 Å². The lowest BCUT2D eigenvalue weighted by atomic mass is 10.2. The number of hydrogen-bond acceptors (Lipinski definition) is 3. The molecule has 0 N–H and O–H groups in total. The van der Waals surface area contributed by atoms with Crippen LogP contribution >= 0.6 is 0 Å². The quantitative estimate of drug-likeness (QED) is 0.246. The summed E-state index contributed by atoms with van der Waals surface area (Å²) in [6, 6.07) is 0. The number of unbranched alkanes of at least 4 members (excludes halogenated alkanes) is 6. The zero-order valence-corrected chi connectivity index (χ0v) is 12.4. The van der Waals surface area contributed by atoms with Gasteiger partial charge in [0.2, 0.25) is 0 Å².